The Hall–Kier alpha value is -2.25. The predicted octanol–water partition coefficient (Wildman–Crippen LogP) is 4.63. The zero-order valence-corrected chi connectivity index (χ0v) is 18.6. The first-order valence-corrected chi connectivity index (χ1v) is 12.4. The van der Waals surface area contributed by atoms with E-state index in [1.165, 1.54) is 24.2 Å². The number of benzene rings is 1. The van der Waals surface area contributed by atoms with Gasteiger partial charge in [-0.15, -0.1) is 23.1 Å². The largest absolute Gasteiger partial charge is 0.350 e. The van der Waals surface area contributed by atoms with E-state index in [4.69, 9.17) is 0 Å². The third kappa shape index (κ3) is 5.08. The van der Waals surface area contributed by atoms with E-state index < -0.39 is 0 Å². The number of hydrogen-bond donors (Lipinski definition) is 1. The number of nitrogens with zero attached hydrogens (tertiary/aromatic N) is 2. The maximum atomic E-state index is 12.7. The molecule has 0 atom stereocenters. The van der Waals surface area contributed by atoms with Gasteiger partial charge in [0.2, 0.25) is 5.91 Å². The summed E-state index contributed by atoms with van der Waals surface area (Å²) in [7, 11) is 0. The van der Waals surface area contributed by atoms with Crippen molar-refractivity contribution < 1.29 is 9.59 Å². The van der Waals surface area contributed by atoms with E-state index >= 15 is 0 Å². The first-order chi connectivity index (χ1) is 14.7. The standard InChI is InChI=1S/C23H27N3O2S2/c27-22(25-12-5-1-2-6-13-25)17-30-21-16-26(19-9-4-3-8-18(19)21)14-11-24-23(28)20-10-7-15-29-20/h3-4,7-10,15-16H,1-2,5-6,11-14,17H2,(H,24,28). The van der Waals surface area contributed by atoms with Crippen LogP contribution in [-0.4, -0.2) is 46.7 Å². The van der Waals surface area contributed by atoms with E-state index in [-0.39, 0.29) is 11.8 Å². The Morgan fingerprint density at radius 1 is 1.03 bits per heavy atom. The summed E-state index contributed by atoms with van der Waals surface area (Å²) < 4.78 is 2.17. The van der Waals surface area contributed by atoms with E-state index in [9.17, 15) is 9.59 Å². The maximum Gasteiger partial charge on any atom is 0.261 e. The van der Waals surface area contributed by atoms with Crippen molar-refractivity contribution >= 4 is 45.8 Å². The first kappa shape index (κ1) is 21.0. The molecular weight excluding hydrogens is 414 g/mol. The molecule has 1 aromatic carbocycles. The minimum atomic E-state index is -0.0286. The minimum Gasteiger partial charge on any atom is -0.350 e. The van der Waals surface area contributed by atoms with Crippen molar-refractivity contribution in [2.75, 3.05) is 25.4 Å². The molecule has 3 aromatic rings. The van der Waals surface area contributed by atoms with Gasteiger partial charge in [0.05, 0.1) is 10.6 Å². The topological polar surface area (TPSA) is 54.3 Å². The number of thioether (sulfide) groups is 1. The number of aromatic nitrogens is 1. The van der Waals surface area contributed by atoms with Gasteiger partial charge < -0.3 is 14.8 Å². The summed E-state index contributed by atoms with van der Waals surface area (Å²) in [6.07, 6.45) is 6.81. The molecule has 0 saturated carbocycles. The minimum absolute atomic E-state index is 0.0286. The molecule has 3 heterocycles. The fourth-order valence-corrected chi connectivity index (χ4v) is 5.48. The zero-order valence-electron chi connectivity index (χ0n) is 17.0. The van der Waals surface area contributed by atoms with Crippen molar-refractivity contribution in [2.24, 2.45) is 0 Å². The number of rotatable bonds is 7. The Morgan fingerprint density at radius 2 is 1.83 bits per heavy atom. The lowest BCUT2D eigenvalue weighted by Crippen LogP contribution is -2.33. The highest BCUT2D eigenvalue weighted by atomic mass is 32.2. The second kappa shape index (κ2) is 10.2. The van der Waals surface area contributed by atoms with Gasteiger partial charge in [-0.2, -0.15) is 0 Å². The SMILES string of the molecule is O=C(NCCn1cc(SCC(=O)N2CCCCCC2)c2ccccc21)c1cccs1. The number of likely N-dealkylation sites (tertiary alicyclic amines) is 1. The average Bonchev–Trinajstić information content (AvgIpc) is 3.33. The number of hydrogen-bond acceptors (Lipinski definition) is 4. The molecule has 0 bridgehead atoms. The van der Waals surface area contributed by atoms with Crippen molar-refractivity contribution in [3.63, 3.8) is 0 Å². The highest BCUT2D eigenvalue weighted by Gasteiger charge is 2.17. The van der Waals surface area contributed by atoms with Gasteiger partial charge in [-0.05, 0) is 30.4 Å². The Balaban J connectivity index is 1.39. The summed E-state index contributed by atoms with van der Waals surface area (Å²) >= 11 is 3.07. The molecule has 4 rings (SSSR count). The summed E-state index contributed by atoms with van der Waals surface area (Å²) in [6.45, 7) is 3.04. The van der Waals surface area contributed by atoms with Gasteiger partial charge in [-0.25, -0.2) is 0 Å². The fraction of sp³-hybridized carbons (Fsp3) is 0.391. The molecule has 5 nitrogen and oxygen atoms in total. The van der Waals surface area contributed by atoms with Crippen LogP contribution in [0.2, 0.25) is 0 Å². The second-order valence-corrected chi connectivity index (χ2v) is 9.49. The van der Waals surface area contributed by atoms with Crippen molar-refractivity contribution in [1.82, 2.24) is 14.8 Å². The Morgan fingerprint density at radius 3 is 2.60 bits per heavy atom. The molecule has 0 radical (unpaired) electrons. The molecule has 1 N–H and O–H groups in total. The molecule has 0 aliphatic carbocycles. The summed E-state index contributed by atoms with van der Waals surface area (Å²) in [5, 5.41) is 6.06. The highest BCUT2D eigenvalue weighted by Crippen LogP contribution is 2.30. The molecule has 1 aliphatic heterocycles. The van der Waals surface area contributed by atoms with E-state index in [1.807, 2.05) is 34.5 Å². The van der Waals surface area contributed by atoms with Crippen LogP contribution in [0.25, 0.3) is 10.9 Å². The second-order valence-electron chi connectivity index (χ2n) is 7.52. The van der Waals surface area contributed by atoms with Gasteiger partial charge in [0, 0.05) is 48.2 Å². The Bertz CT molecular complexity index is 989. The number of carbonyl (C=O) groups is 2. The molecule has 2 aromatic heterocycles. The zero-order chi connectivity index (χ0) is 20.8. The van der Waals surface area contributed by atoms with Crippen LogP contribution >= 0.6 is 23.1 Å². The van der Waals surface area contributed by atoms with Crippen molar-refractivity contribution in [3.8, 4) is 0 Å². The monoisotopic (exact) mass is 441 g/mol. The van der Waals surface area contributed by atoms with Crippen LogP contribution in [-0.2, 0) is 11.3 Å². The number of thiophene rings is 1. The molecule has 1 saturated heterocycles. The van der Waals surface area contributed by atoms with Crippen molar-refractivity contribution in [1.29, 1.82) is 0 Å². The van der Waals surface area contributed by atoms with Gasteiger partial charge in [-0.3, -0.25) is 9.59 Å². The fourth-order valence-electron chi connectivity index (χ4n) is 3.85. The van der Waals surface area contributed by atoms with Crippen LogP contribution < -0.4 is 5.32 Å². The van der Waals surface area contributed by atoms with Gasteiger partial charge >= 0.3 is 0 Å². The number of para-hydroxylation sites is 1. The molecule has 1 aliphatic rings. The summed E-state index contributed by atoms with van der Waals surface area (Å²) in [4.78, 5) is 28.7. The molecule has 158 valence electrons. The van der Waals surface area contributed by atoms with Gasteiger partial charge in [0.15, 0.2) is 0 Å². The van der Waals surface area contributed by atoms with E-state index in [0.717, 1.165) is 46.6 Å². The van der Waals surface area contributed by atoms with E-state index in [0.29, 0.717) is 18.8 Å². The lowest BCUT2D eigenvalue weighted by Gasteiger charge is -2.19. The maximum absolute atomic E-state index is 12.7. The van der Waals surface area contributed by atoms with Crippen LogP contribution in [0.1, 0.15) is 35.4 Å². The number of fused-ring (bicyclic) bond motifs is 1. The Kier molecular flexibility index (Phi) is 7.12. The van der Waals surface area contributed by atoms with Crippen LogP contribution in [0.4, 0.5) is 0 Å². The third-order valence-electron chi connectivity index (χ3n) is 5.45. The lowest BCUT2D eigenvalue weighted by atomic mass is 10.2. The quantitative estimate of drug-likeness (QED) is 0.544. The molecule has 0 spiro atoms. The molecule has 30 heavy (non-hydrogen) atoms. The van der Waals surface area contributed by atoms with Crippen LogP contribution in [0.15, 0.2) is 52.9 Å². The van der Waals surface area contributed by atoms with Crippen LogP contribution in [0.3, 0.4) is 0 Å². The average molecular weight is 442 g/mol. The van der Waals surface area contributed by atoms with Crippen LogP contribution in [0.5, 0.6) is 0 Å². The summed E-state index contributed by atoms with van der Waals surface area (Å²) in [5.41, 5.74) is 1.13. The summed E-state index contributed by atoms with van der Waals surface area (Å²) in [6, 6.07) is 12.0. The molecule has 2 amide bonds. The Labute approximate surface area is 185 Å². The molecule has 7 heteroatoms. The molecule has 0 unspecified atom stereocenters. The number of amides is 2. The normalized spacial score (nSPS) is 14.6. The van der Waals surface area contributed by atoms with E-state index in [1.54, 1.807) is 11.8 Å². The van der Waals surface area contributed by atoms with E-state index in [2.05, 4.69) is 28.2 Å². The van der Waals surface area contributed by atoms with Gasteiger partial charge in [-0.1, -0.05) is 37.1 Å². The molecular formula is C23H27N3O2S2. The van der Waals surface area contributed by atoms with Crippen molar-refractivity contribution in [2.45, 2.75) is 37.1 Å². The third-order valence-corrected chi connectivity index (χ3v) is 7.34. The van der Waals surface area contributed by atoms with Gasteiger partial charge in [0.25, 0.3) is 5.91 Å². The molecule has 1 fully saturated rings. The number of carbonyl (C=O) groups excluding carboxylic acids is 2. The van der Waals surface area contributed by atoms with Gasteiger partial charge in [0.1, 0.15) is 0 Å². The van der Waals surface area contributed by atoms with Crippen molar-refractivity contribution in [3.05, 3.63) is 52.9 Å². The highest BCUT2D eigenvalue weighted by molar-refractivity contribution is 8.00. The van der Waals surface area contributed by atoms with Crippen LogP contribution in [0, 0.1) is 0 Å². The predicted molar refractivity (Wildman–Crippen MR) is 124 cm³/mol. The lowest BCUT2D eigenvalue weighted by molar-refractivity contribution is -0.128. The summed E-state index contributed by atoms with van der Waals surface area (Å²) in [5.74, 6) is 0.685. The first-order valence-electron chi connectivity index (χ1n) is 10.5. The smallest absolute Gasteiger partial charge is 0.261 e. The number of nitrogens with one attached hydrogen (secondary N) is 1.